The molecule has 0 spiro atoms. The Hall–Kier alpha value is -3.03. The summed E-state index contributed by atoms with van der Waals surface area (Å²) in [4.78, 5) is 24.7. The second-order valence-corrected chi connectivity index (χ2v) is 5.94. The predicted molar refractivity (Wildman–Crippen MR) is 86.9 cm³/mol. The summed E-state index contributed by atoms with van der Waals surface area (Å²) in [5.74, 6) is 0.592. The van der Waals surface area contributed by atoms with Crippen LogP contribution in [0.1, 0.15) is 22.6 Å². The molecule has 2 N–H and O–H groups in total. The van der Waals surface area contributed by atoms with Gasteiger partial charge in [0.2, 0.25) is 0 Å². The second kappa shape index (κ2) is 7.25. The van der Waals surface area contributed by atoms with E-state index in [1.54, 1.807) is 6.92 Å². The van der Waals surface area contributed by atoms with E-state index in [2.05, 4.69) is 10.5 Å². The lowest BCUT2D eigenvalue weighted by Crippen LogP contribution is -2.45. The maximum Gasteiger partial charge on any atom is 0.407 e. The molecular weight excluding hydrogens is 326 g/mol. The van der Waals surface area contributed by atoms with Gasteiger partial charge in [0.1, 0.15) is 12.4 Å². The first-order valence-corrected chi connectivity index (χ1v) is 7.92. The third-order valence-electron chi connectivity index (χ3n) is 4.09. The molecule has 0 aliphatic carbocycles. The SMILES string of the molecule is Cc1noc2c1CN(C(=O)O)CC(NC(=O)OCc1ccccc1)C2. The third kappa shape index (κ3) is 4.09. The van der Waals surface area contributed by atoms with Gasteiger partial charge in [0.15, 0.2) is 0 Å². The van der Waals surface area contributed by atoms with Crippen LogP contribution >= 0.6 is 0 Å². The summed E-state index contributed by atoms with van der Waals surface area (Å²) >= 11 is 0. The Balaban J connectivity index is 1.64. The fourth-order valence-electron chi connectivity index (χ4n) is 2.78. The van der Waals surface area contributed by atoms with Gasteiger partial charge in [-0.3, -0.25) is 0 Å². The molecular formula is C17H19N3O5. The molecule has 0 saturated heterocycles. The first-order valence-electron chi connectivity index (χ1n) is 7.92. The summed E-state index contributed by atoms with van der Waals surface area (Å²) in [6, 6.07) is 8.87. The quantitative estimate of drug-likeness (QED) is 0.884. The van der Waals surface area contributed by atoms with E-state index in [9.17, 15) is 14.7 Å². The standard InChI is InChI=1S/C17H19N3O5/c1-11-14-9-20(17(22)23)8-13(7-15(14)25-19-11)18-16(21)24-10-12-5-3-2-4-6-12/h2-6,13H,7-10H2,1H3,(H,18,21)(H,22,23). The zero-order valence-corrected chi connectivity index (χ0v) is 13.8. The molecule has 0 bridgehead atoms. The molecule has 0 saturated carbocycles. The normalized spacial score (nSPS) is 16.7. The van der Waals surface area contributed by atoms with Crippen molar-refractivity contribution < 1.29 is 24.0 Å². The summed E-state index contributed by atoms with van der Waals surface area (Å²) in [6.07, 6.45) is -1.29. The van der Waals surface area contributed by atoms with E-state index in [1.807, 2.05) is 30.3 Å². The Bertz CT molecular complexity index is 759. The van der Waals surface area contributed by atoms with Crippen LogP contribution in [-0.4, -0.2) is 39.9 Å². The highest BCUT2D eigenvalue weighted by Gasteiger charge is 2.30. The number of hydrogen-bond donors (Lipinski definition) is 2. The molecule has 1 atom stereocenters. The Morgan fingerprint density at radius 2 is 2.16 bits per heavy atom. The number of carbonyl (C=O) groups excluding carboxylic acids is 1. The summed E-state index contributed by atoms with van der Waals surface area (Å²) in [7, 11) is 0. The van der Waals surface area contributed by atoms with Crippen molar-refractivity contribution in [1.29, 1.82) is 0 Å². The minimum atomic E-state index is -1.06. The lowest BCUT2D eigenvalue weighted by molar-refractivity contribution is 0.123. The number of fused-ring (bicyclic) bond motifs is 1. The number of aryl methyl sites for hydroxylation is 1. The molecule has 2 aromatic rings. The topological polar surface area (TPSA) is 105 Å². The van der Waals surface area contributed by atoms with Gasteiger partial charge in [-0.05, 0) is 12.5 Å². The van der Waals surface area contributed by atoms with Gasteiger partial charge >= 0.3 is 12.2 Å². The first kappa shape index (κ1) is 16.8. The van der Waals surface area contributed by atoms with E-state index in [1.165, 1.54) is 4.90 Å². The number of aromatic nitrogens is 1. The van der Waals surface area contributed by atoms with Gasteiger partial charge in [0.25, 0.3) is 0 Å². The van der Waals surface area contributed by atoms with Crippen LogP contribution in [0.15, 0.2) is 34.9 Å². The van der Waals surface area contributed by atoms with Gasteiger partial charge in [-0.1, -0.05) is 35.5 Å². The van der Waals surface area contributed by atoms with E-state index >= 15 is 0 Å². The smallest absolute Gasteiger partial charge is 0.407 e. The Morgan fingerprint density at radius 1 is 1.40 bits per heavy atom. The Morgan fingerprint density at radius 3 is 2.88 bits per heavy atom. The van der Waals surface area contributed by atoms with Crippen molar-refractivity contribution in [3.8, 4) is 0 Å². The molecule has 1 aromatic carbocycles. The molecule has 2 heterocycles. The van der Waals surface area contributed by atoms with Crippen molar-refractivity contribution in [3.63, 3.8) is 0 Å². The molecule has 3 rings (SSSR count). The van der Waals surface area contributed by atoms with Gasteiger partial charge in [-0.2, -0.15) is 0 Å². The number of carboxylic acid groups (broad SMARTS) is 1. The van der Waals surface area contributed by atoms with Crippen molar-refractivity contribution in [2.45, 2.75) is 32.5 Å². The number of nitrogens with zero attached hydrogens (tertiary/aromatic N) is 2. The summed E-state index contributed by atoms with van der Waals surface area (Å²) in [6.45, 7) is 2.26. The zero-order valence-electron chi connectivity index (χ0n) is 13.8. The minimum absolute atomic E-state index is 0.148. The fourth-order valence-corrected chi connectivity index (χ4v) is 2.78. The number of nitrogens with one attached hydrogen (secondary N) is 1. The minimum Gasteiger partial charge on any atom is -0.465 e. The predicted octanol–water partition coefficient (Wildman–Crippen LogP) is 2.31. The Kier molecular flexibility index (Phi) is 4.87. The molecule has 0 radical (unpaired) electrons. The molecule has 2 amide bonds. The molecule has 0 fully saturated rings. The molecule has 132 valence electrons. The molecule has 1 aliphatic heterocycles. The lowest BCUT2D eigenvalue weighted by Gasteiger charge is -2.22. The Labute approximate surface area is 144 Å². The van der Waals surface area contributed by atoms with Gasteiger partial charge in [-0.25, -0.2) is 9.59 Å². The summed E-state index contributed by atoms with van der Waals surface area (Å²) in [5.41, 5.74) is 2.29. The van der Waals surface area contributed by atoms with Crippen LogP contribution in [-0.2, 0) is 24.3 Å². The van der Waals surface area contributed by atoms with Crippen LogP contribution < -0.4 is 5.32 Å². The highest BCUT2D eigenvalue weighted by Crippen LogP contribution is 2.22. The monoisotopic (exact) mass is 345 g/mol. The highest BCUT2D eigenvalue weighted by atomic mass is 16.5. The molecule has 8 heteroatoms. The van der Waals surface area contributed by atoms with Crippen molar-refractivity contribution in [2.75, 3.05) is 6.54 Å². The number of alkyl carbamates (subject to hydrolysis) is 1. The number of benzene rings is 1. The summed E-state index contributed by atoms with van der Waals surface area (Å²) in [5, 5.41) is 15.9. The van der Waals surface area contributed by atoms with E-state index in [-0.39, 0.29) is 19.7 Å². The third-order valence-corrected chi connectivity index (χ3v) is 4.09. The van der Waals surface area contributed by atoms with Gasteiger partial charge in [0.05, 0.1) is 18.3 Å². The number of rotatable bonds is 3. The highest BCUT2D eigenvalue weighted by molar-refractivity contribution is 5.68. The number of carbonyl (C=O) groups is 2. The molecule has 25 heavy (non-hydrogen) atoms. The fraction of sp³-hybridized carbons (Fsp3) is 0.353. The van der Waals surface area contributed by atoms with E-state index in [4.69, 9.17) is 9.26 Å². The van der Waals surface area contributed by atoms with Crippen LogP contribution in [0.4, 0.5) is 9.59 Å². The van der Waals surface area contributed by atoms with Crippen LogP contribution in [0, 0.1) is 6.92 Å². The van der Waals surface area contributed by atoms with Gasteiger partial charge in [0, 0.05) is 18.5 Å². The molecule has 8 nitrogen and oxygen atoms in total. The van der Waals surface area contributed by atoms with E-state index in [0.29, 0.717) is 17.9 Å². The maximum absolute atomic E-state index is 12.0. The van der Waals surface area contributed by atoms with Crippen LogP contribution in [0.25, 0.3) is 0 Å². The van der Waals surface area contributed by atoms with Crippen LogP contribution in [0.3, 0.4) is 0 Å². The molecule has 1 aliphatic rings. The van der Waals surface area contributed by atoms with Crippen LogP contribution in [0.5, 0.6) is 0 Å². The first-order chi connectivity index (χ1) is 12.0. The summed E-state index contributed by atoms with van der Waals surface area (Å²) < 4.78 is 10.5. The van der Waals surface area contributed by atoms with Gasteiger partial charge in [-0.15, -0.1) is 0 Å². The average Bonchev–Trinajstić information content (AvgIpc) is 2.82. The van der Waals surface area contributed by atoms with Gasteiger partial charge < -0.3 is 24.6 Å². The van der Waals surface area contributed by atoms with E-state index < -0.39 is 18.2 Å². The molecule has 1 aromatic heterocycles. The average molecular weight is 345 g/mol. The largest absolute Gasteiger partial charge is 0.465 e. The van der Waals surface area contributed by atoms with Crippen molar-refractivity contribution >= 4 is 12.2 Å². The number of ether oxygens (including phenoxy) is 1. The lowest BCUT2D eigenvalue weighted by atomic mass is 10.1. The van der Waals surface area contributed by atoms with Crippen LogP contribution in [0.2, 0.25) is 0 Å². The van der Waals surface area contributed by atoms with E-state index in [0.717, 1.165) is 11.1 Å². The number of amides is 2. The molecule has 1 unspecified atom stereocenters. The maximum atomic E-state index is 12.0. The van der Waals surface area contributed by atoms with Crippen molar-refractivity contribution in [1.82, 2.24) is 15.4 Å². The van der Waals surface area contributed by atoms with Crippen molar-refractivity contribution in [2.24, 2.45) is 0 Å². The van der Waals surface area contributed by atoms with Crippen molar-refractivity contribution in [3.05, 3.63) is 52.9 Å². The number of hydrogen-bond acceptors (Lipinski definition) is 5. The second-order valence-electron chi connectivity index (χ2n) is 5.94. The zero-order chi connectivity index (χ0) is 17.8.